The summed E-state index contributed by atoms with van der Waals surface area (Å²) in [6.07, 6.45) is 34.5. The quantitative estimate of drug-likeness (QED) is 0.365. The van der Waals surface area contributed by atoms with Crippen LogP contribution in [0.5, 0.6) is 0 Å². The Morgan fingerprint density at radius 2 is 2.00 bits per heavy atom. The lowest BCUT2D eigenvalue weighted by molar-refractivity contribution is -0.117. The maximum absolute atomic E-state index is 13.3. The summed E-state index contributed by atoms with van der Waals surface area (Å²) in [6, 6.07) is 0.188. The van der Waals surface area contributed by atoms with Crippen LogP contribution in [-0.2, 0) is 4.79 Å². The van der Waals surface area contributed by atoms with Gasteiger partial charge in [0, 0.05) is 42.4 Å². The van der Waals surface area contributed by atoms with E-state index in [2.05, 4.69) is 71.8 Å². The molecule has 4 heteroatoms. The number of amides is 1. The van der Waals surface area contributed by atoms with Crippen LogP contribution in [0.4, 0.5) is 0 Å². The molecular weight excluding hydrogens is 466 g/mol. The predicted molar refractivity (Wildman–Crippen MR) is 156 cm³/mol. The molecule has 0 aromatic rings. The average molecular weight is 510 g/mol. The van der Waals surface area contributed by atoms with E-state index in [0.29, 0.717) is 17.8 Å². The number of carbonyl (C=O) groups is 1. The van der Waals surface area contributed by atoms with Crippen molar-refractivity contribution in [1.29, 1.82) is 0 Å². The molecule has 1 aliphatic heterocycles. The van der Waals surface area contributed by atoms with Crippen molar-refractivity contribution in [3.8, 4) is 0 Å². The third kappa shape index (κ3) is 5.60. The van der Waals surface area contributed by atoms with E-state index >= 15 is 0 Å². The fourth-order valence-electron chi connectivity index (χ4n) is 7.10. The van der Waals surface area contributed by atoms with Crippen molar-refractivity contribution in [2.45, 2.75) is 77.2 Å². The highest BCUT2D eigenvalue weighted by Gasteiger charge is 2.47. The highest BCUT2D eigenvalue weighted by atomic mass is 16.1. The van der Waals surface area contributed by atoms with Gasteiger partial charge in [0.05, 0.1) is 11.7 Å². The van der Waals surface area contributed by atoms with E-state index in [9.17, 15) is 4.79 Å². The van der Waals surface area contributed by atoms with Gasteiger partial charge in [0.2, 0.25) is 0 Å². The molecule has 0 aromatic heterocycles. The maximum atomic E-state index is 13.3. The van der Waals surface area contributed by atoms with Gasteiger partial charge in [-0.2, -0.15) is 0 Å². The summed E-state index contributed by atoms with van der Waals surface area (Å²) in [5, 5.41) is 3.17. The Kier molecular flexibility index (Phi) is 7.67. The van der Waals surface area contributed by atoms with Gasteiger partial charge >= 0.3 is 0 Å². The summed E-state index contributed by atoms with van der Waals surface area (Å²) >= 11 is 0. The molecular formula is C34H43N3O. The second-order valence-electron chi connectivity index (χ2n) is 12.0. The Morgan fingerprint density at radius 3 is 2.82 bits per heavy atom. The van der Waals surface area contributed by atoms with Crippen molar-refractivity contribution in [2.75, 3.05) is 13.1 Å². The molecule has 1 amide bonds. The molecule has 6 aliphatic rings. The zero-order valence-electron chi connectivity index (χ0n) is 22.9. The number of hydrogen-bond acceptors (Lipinski definition) is 3. The van der Waals surface area contributed by atoms with Gasteiger partial charge in [-0.25, -0.2) is 0 Å². The Labute approximate surface area is 228 Å². The van der Waals surface area contributed by atoms with Crippen LogP contribution >= 0.6 is 0 Å². The summed E-state index contributed by atoms with van der Waals surface area (Å²) in [6.45, 7) is 4.47. The number of fused-ring (bicyclic) bond motifs is 2. The highest BCUT2D eigenvalue weighted by molar-refractivity contribution is 6.00. The summed E-state index contributed by atoms with van der Waals surface area (Å²) in [5.41, 5.74) is 5.91. The number of hydrogen-bond donors (Lipinski definition) is 1. The third-order valence-corrected chi connectivity index (χ3v) is 9.40. The van der Waals surface area contributed by atoms with E-state index in [0.717, 1.165) is 43.0 Å². The first kappa shape index (κ1) is 25.4. The minimum atomic E-state index is 0.0410. The average Bonchev–Trinajstić information content (AvgIpc) is 3.76. The number of dihydropyridines is 1. The van der Waals surface area contributed by atoms with E-state index in [-0.39, 0.29) is 11.9 Å². The first-order valence-corrected chi connectivity index (χ1v) is 15.2. The predicted octanol–water partition coefficient (Wildman–Crippen LogP) is 6.97. The Hall–Kier alpha value is -2.88. The molecule has 2 saturated carbocycles. The second-order valence-corrected chi connectivity index (χ2v) is 12.0. The van der Waals surface area contributed by atoms with Crippen LogP contribution in [-0.4, -0.2) is 36.2 Å². The molecule has 0 saturated heterocycles. The number of carbonyl (C=O) groups excluding carboxylic acids is 1. The van der Waals surface area contributed by atoms with Gasteiger partial charge < -0.3 is 10.2 Å². The van der Waals surface area contributed by atoms with Crippen LogP contribution in [0.1, 0.15) is 71.1 Å². The van der Waals surface area contributed by atoms with Crippen molar-refractivity contribution < 1.29 is 4.79 Å². The van der Waals surface area contributed by atoms with Gasteiger partial charge in [0.25, 0.3) is 5.91 Å². The summed E-state index contributed by atoms with van der Waals surface area (Å²) in [4.78, 5) is 20.8. The molecule has 0 aromatic carbocycles. The largest absolute Gasteiger partial charge is 0.374 e. The van der Waals surface area contributed by atoms with Gasteiger partial charge in [-0.15, -0.1) is 0 Å². The van der Waals surface area contributed by atoms with Crippen LogP contribution in [0.3, 0.4) is 0 Å². The lowest BCUT2D eigenvalue weighted by Crippen LogP contribution is -2.34. The van der Waals surface area contributed by atoms with Gasteiger partial charge in [-0.1, -0.05) is 74.3 Å². The normalized spacial score (nSPS) is 29.8. The number of nitrogens with one attached hydrogen (secondary N) is 1. The number of aliphatic imine (C=N–C) groups is 1. The van der Waals surface area contributed by atoms with Crippen molar-refractivity contribution >= 4 is 12.1 Å². The van der Waals surface area contributed by atoms with Crippen molar-refractivity contribution in [2.24, 2.45) is 28.7 Å². The van der Waals surface area contributed by atoms with Crippen LogP contribution in [0.15, 0.2) is 87.8 Å². The van der Waals surface area contributed by atoms with E-state index in [1.54, 1.807) is 0 Å². The molecule has 4 unspecified atom stereocenters. The molecule has 1 N–H and O–H groups in total. The lowest BCUT2D eigenvalue weighted by atomic mass is 9.85. The van der Waals surface area contributed by atoms with Crippen molar-refractivity contribution in [1.82, 2.24) is 10.2 Å². The summed E-state index contributed by atoms with van der Waals surface area (Å²) in [7, 11) is 0. The summed E-state index contributed by atoms with van der Waals surface area (Å²) in [5.74, 6) is 2.14. The molecule has 38 heavy (non-hydrogen) atoms. The standard InChI is InChI=1S/C34H43N3O/c1-2-26-14-9-15-27-20-28(22-35-33(26)27)36-34(38)29-16-17-32(31-21-30(29)31)37(23-25-12-7-4-8-13-25)19-18-24-10-5-3-6-11-24/h5,9-11,14-17,20,22,25-26,30-31,33H,2-4,6-8,12-13,18-19,21,23H2,1H3,(H,36,38). The van der Waals surface area contributed by atoms with Crippen molar-refractivity contribution in [3.05, 3.63) is 82.8 Å². The van der Waals surface area contributed by atoms with E-state index in [4.69, 9.17) is 4.99 Å². The molecule has 2 fully saturated rings. The van der Waals surface area contributed by atoms with Gasteiger partial charge in [0.1, 0.15) is 0 Å². The number of allylic oxidation sites excluding steroid dienone is 9. The molecule has 5 aliphatic carbocycles. The van der Waals surface area contributed by atoms with E-state index in [1.165, 1.54) is 68.3 Å². The van der Waals surface area contributed by atoms with E-state index in [1.807, 2.05) is 6.21 Å². The number of nitrogens with zero attached hydrogens (tertiary/aromatic N) is 2. The van der Waals surface area contributed by atoms with Crippen LogP contribution in [0, 0.1) is 23.7 Å². The molecule has 200 valence electrons. The topological polar surface area (TPSA) is 44.7 Å². The molecule has 4 nitrogen and oxygen atoms in total. The summed E-state index contributed by atoms with van der Waals surface area (Å²) < 4.78 is 0. The molecule has 0 spiro atoms. The van der Waals surface area contributed by atoms with Gasteiger partial charge in [0.15, 0.2) is 0 Å². The number of rotatable bonds is 9. The highest BCUT2D eigenvalue weighted by Crippen LogP contribution is 2.52. The fraction of sp³-hybridized carbons (Fsp3) is 0.529. The van der Waals surface area contributed by atoms with Crippen LogP contribution < -0.4 is 5.32 Å². The molecule has 0 radical (unpaired) electrons. The first-order valence-electron chi connectivity index (χ1n) is 15.2. The minimum absolute atomic E-state index is 0.0410. The molecule has 4 atom stereocenters. The van der Waals surface area contributed by atoms with Crippen molar-refractivity contribution in [3.63, 3.8) is 0 Å². The Bertz CT molecular complexity index is 1170. The monoisotopic (exact) mass is 509 g/mol. The van der Waals surface area contributed by atoms with E-state index < -0.39 is 0 Å². The molecule has 1 heterocycles. The Morgan fingerprint density at radius 1 is 1.11 bits per heavy atom. The smallest absolute Gasteiger partial charge is 0.251 e. The zero-order valence-corrected chi connectivity index (χ0v) is 22.9. The third-order valence-electron chi connectivity index (χ3n) is 9.40. The second kappa shape index (κ2) is 11.5. The minimum Gasteiger partial charge on any atom is -0.374 e. The van der Waals surface area contributed by atoms with Gasteiger partial charge in [-0.3, -0.25) is 9.79 Å². The SMILES string of the molecule is CCC1C=CC=C2C=C(NC(=O)C3=CC=C(N(CCC4=CCCC=C4)CC4CCCCC4)C4CC34)C=NC21. The van der Waals surface area contributed by atoms with Gasteiger partial charge in [-0.05, 0) is 74.5 Å². The molecule has 0 bridgehead atoms. The Balaban J connectivity index is 1.14. The first-order chi connectivity index (χ1) is 18.7. The fourth-order valence-corrected chi connectivity index (χ4v) is 7.10. The lowest BCUT2D eigenvalue weighted by Gasteiger charge is -2.34. The van der Waals surface area contributed by atoms with Crippen LogP contribution in [0.25, 0.3) is 0 Å². The molecule has 6 rings (SSSR count). The maximum Gasteiger partial charge on any atom is 0.251 e. The zero-order chi connectivity index (χ0) is 25.9. The van der Waals surface area contributed by atoms with Crippen LogP contribution in [0.2, 0.25) is 0 Å².